The van der Waals surface area contributed by atoms with Crippen LogP contribution in [0.3, 0.4) is 0 Å². The zero-order chi connectivity index (χ0) is 15.5. The predicted octanol–water partition coefficient (Wildman–Crippen LogP) is 2.23. The first kappa shape index (κ1) is 19.1. The van der Waals surface area contributed by atoms with E-state index < -0.39 is 0 Å². The lowest BCUT2D eigenvalue weighted by Gasteiger charge is -2.11. The van der Waals surface area contributed by atoms with Gasteiger partial charge >= 0.3 is 0 Å². The minimum absolute atomic E-state index is 0. The minimum atomic E-state index is 0. The number of nitrogens with one attached hydrogen (secondary N) is 2. The van der Waals surface area contributed by atoms with Gasteiger partial charge in [-0.1, -0.05) is 6.07 Å². The Hall–Kier alpha value is -1.90. The van der Waals surface area contributed by atoms with Crippen molar-refractivity contribution >= 4 is 29.9 Å². The Morgan fingerprint density at radius 2 is 2.09 bits per heavy atom. The van der Waals surface area contributed by atoms with Crippen molar-refractivity contribution in [3.63, 3.8) is 0 Å². The second kappa shape index (κ2) is 11.6. The van der Waals surface area contributed by atoms with Gasteiger partial charge in [0.25, 0.3) is 0 Å². The van der Waals surface area contributed by atoms with Crippen molar-refractivity contribution in [2.75, 3.05) is 19.7 Å². The van der Waals surface area contributed by atoms with Crippen LogP contribution in [0.15, 0.2) is 53.9 Å². The van der Waals surface area contributed by atoms with Crippen LogP contribution in [-0.4, -0.2) is 35.6 Å². The van der Waals surface area contributed by atoms with E-state index in [1.54, 1.807) is 18.6 Å². The number of aromatic nitrogens is 2. The number of aliphatic imine (C=N–C) groups is 1. The SMILES string of the molecule is CCNC(=NCc1ccccn1)NCCOc1cccnc1.I. The Morgan fingerprint density at radius 1 is 1.17 bits per heavy atom. The molecule has 0 aliphatic rings. The molecule has 2 aromatic heterocycles. The predicted molar refractivity (Wildman–Crippen MR) is 102 cm³/mol. The number of halogens is 1. The van der Waals surface area contributed by atoms with Crippen LogP contribution in [0.1, 0.15) is 12.6 Å². The molecular formula is C16H22IN5O. The maximum absolute atomic E-state index is 5.58. The molecule has 2 N–H and O–H groups in total. The highest BCUT2D eigenvalue weighted by molar-refractivity contribution is 14.0. The van der Waals surface area contributed by atoms with Gasteiger partial charge in [0, 0.05) is 18.9 Å². The molecule has 7 heteroatoms. The molecule has 0 spiro atoms. The molecule has 0 aromatic carbocycles. The van der Waals surface area contributed by atoms with Crippen LogP contribution in [0.2, 0.25) is 0 Å². The van der Waals surface area contributed by atoms with Crippen LogP contribution >= 0.6 is 24.0 Å². The van der Waals surface area contributed by atoms with E-state index in [1.807, 2.05) is 37.3 Å². The van der Waals surface area contributed by atoms with Gasteiger partial charge in [0.15, 0.2) is 5.96 Å². The summed E-state index contributed by atoms with van der Waals surface area (Å²) in [5, 5.41) is 6.42. The van der Waals surface area contributed by atoms with Crippen LogP contribution in [-0.2, 0) is 6.54 Å². The molecular weight excluding hydrogens is 405 g/mol. The summed E-state index contributed by atoms with van der Waals surface area (Å²) >= 11 is 0. The van der Waals surface area contributed by atoms with Gasteiger partial charge in [-0.05, 0) is 31.2 Å². The van der Waals surface area contributed by atoms with Crippen molar-refractivity contribution in [1.82, 2.24) is 20.6 Å². The number of hydrogen-bond acceptors (Lipinski definition) is 4. The molecule has 23 heavy (non-hydrogen) atoms. The minimum Gasteiger partial charge on any atom is -0.490 e. The second-order valence-corrected chi connectivity index (χ2v) is 4.48. The van der Waals surface area contributed by atoms with E-state index in [1.165, 1.54) is 0 Å². The van der Waals surface area contributed by atoms with Gasteiger partial charge < -0.3 is 15.4 Å². The molecule has 6 nitrogen and oxygen atoms in total. The molecule has 0 unspecified atom stereocenters. The Bertz CT molecular complexity index is 565. The lowest BCUT2D eigenvalue weighted by Crippen LogP contribution is -2.39. The highest BCUT2D eigenvalue weighted by Gasteiger charge is 1.98. The summed E-state index contributed by atoms with van der Waals surface area (Å²) in [4.78, 5) is 12.7. The monoisotopic (exact) mass is 427 g/mol. The summed E-state index contributed by atoms with van der Waals surface area (Å²) in [5.74, 6) is 1.52. The Labute approximate surface area is 153 Å². The summed E-state index contributed by atoms with van der Waals surface area (Å²) in [6.45, 7) is 4.57. The molecule has 0 amide bonds. The normalized spacial score (nSPS) is 10.6. The molecule has 0 aliphatic heterocycles. The first-order chi connectivity index (χ1) is 10.9. The van der Waals surface area contributed by atoms with Crippen molar-refractivity contribution in [3.05, 3.63) is 54.6 Å². The topological polar surface area (TPSA) is 71.4 Å². The van der Waals surface area contributed by atoms with E-state index in [-0.39, 0.29) is 24.0 Å². The molecule has 0 saturated heterocycles. The average molecular weight is 427 g/mol. The van der Waals surface area contributed by atoms with Gasteiger partial charge in [0.1, 0.15) is 12.4 Å². The molecule has 0 aliphatic carbocycles. The van der Waals surface area contributed by atoms with Crippen LogP contribution in [0.4, 0.5) is 0 Å². The summed E-state index contributed by atoms with van der Waals surface area (Å²) in [6.07, 6.45) is 5.19. The van der Waals surface area contributed by atoms with Crippen molar-refractivity contribution in [3.8, 4) is 5.75 Å². The van der Waals surface area contributed by atoms with E-state index in [4.69, 9.17) is 4.74 Å². The van der Waals surface area contributed by atoms with Crippen LogP contribution in [0.25, 0.3) is 0 Å². The van der Waals surface area contributed by atoms with Crippen molar-refractivity contribution < 1.29 is 4.74 Å². The van der Waals surface area contributed by atoms with Gasteiger partial charge in [0.2, 0.25) is 0 Å². The molecule has 0 saturated carbocycles. The third kappa shape index (κ3) is 7.78. The summed E-state index contributed by atoms with van der Waals surface area (Å²) < 4.78 is 5.58. The van der Waals surface area contributed by atoms with Gasteiger partial charge in [-0.2, -0.15) is 0 Å². The quantitative estimate of drug-likeness (QED) is 0.307. The largest absolute Gasteiger partial charge is 0.490 e. The number of guanidine groups is 1. The fraction of sp³-hybridized carbons (Fsp3) is 0.312. The van der Waals surface area contributed by atoms with E-state index in [9.17, 15) is 0 Å². The van der Waals surface area contributed by atoms with Crippen molar-refractivity contribution in [2.45, 2.75) is 13.5 Å². The van der Waals surface area contributed by atoms with Crippen LogP contribution in [0, 0.1) is 0 Å². The molecule has 2 heterocycles. The maximum atomic E-state index is 5.58. The summed E-state index contributed by atoms with van der Waals surface area (Å²) in [7, 11) is 0. The Kier molecular flexibility index (Phi) is 9.69. The smallest absolute Gasteiger partial charge is 0.191 e. The molecule has 2 aromatic rings. The van der Waals surface area contributed by atoms with E-state index in [0.717, 1.165) is 23.9 Å². The maximum Gasteiger partial charge on any atom is 0.191 e. The molecule has 124 valence electrons. The van der Waals surface area contributed by atoms with E-state index in [0.29, 0.717) is 19.7 Å². The van der Waals surface area contributed by atoms with Crippen molar-refractivity contribution in [1.29, 1.82) is 0 Å². The van der Waals surface area contributed by atoms with Gasteiger partial charge in [-0.25, -0.2) is 4.99 Å². The average Bonchev–Trinajstić information content (AvgIpc) is 2.58. The fourth-order valence-electron chi connectivity index (χ4n) is 1.76. The molecule has 0 fully saturated rings. The molecule has 2 rings (SSSR count). The van der Waals surface area contributed by atoms with Gasteiger partial charge in [0.05, 0.1) is 25.0 Å². The highest BCUT2D eigenvalue weighted by Crippen LogP contribution is 2.04. The summed E-state index contributed by atoms with van der Waals surface area (Å²) in [6, 6.07) is 9.54. The fourth-order valence-corrected chi connectivity index (χ4v) is 1.76. The third-order valence-electron chi connectivity index (χ3n) is 2.77. The van der Waals surface area contributed by atoms with Crippen LogP contribution in [0.5, 0.6) is 5.75 Å². The summed E-state index contributed by atoms with van der Waals surface area (Å²) in [5.41, 5.74) is 0.936. The number of hydrogen-bond donors (Lipinski definition) is 2. The van der Waals surface area contributed by atoms with E-state index in [2.05, 4.69) is 25.6 Å². The second-order valence-electron chi connectivity index (χ2n) is 4.48. The Morgan fingerprint density at radius 3 is 2.78 bits per heavy atom. The molecule has 0 bridgehead atoms. The number of ether oxygens (including phenoxy) is 1. The lowest BCUT2D eigenvalue weighted by atomic mass is 10.3. The number of pyridine rings is 2. The number of rotatable bonds is 7. The molecule has 0 radical (unpaired) electrons. The highest BCUT2D eigenvalue weighted by atomic mass is 127. The first-order valence-electron chi connectivity index (χ1n) is 7.33. The lowest BCUT2D eigenvalue weighted by molar-refractivity contribution is 0.320. The van der Waals surface area contributed by atoms with Gasteiger partial charge in [-0.15, -0.1) is 24.0 Å². The standard InChI is InChI=1S/C16H21N5O.HI/c1-2-18-16(21-12-14-6-3-4-9-19-14)20-10-11-22-15-7-5-8-17-13-15;/h3-9,13H,2,10-12H2,1H3,(H2,18,20,21);1H. The van der Waals surface area contributed by atoms with Crippen molar-refractivity contribution in [2.24, 2.45) is 4.99 Å². The van der Waals surface area contributed by atoms with E-state index >= 15 is 0 Å². The Balaban J connectivity index is 0.00000264. The van der Waals surface area contributed by atoms with Gasteiger partial charge in [-0.3, -0.25) is 9.97 Å². The first-order valence-corrected chi connectivity index (χ1v) is 7.33. The van der Waals surface area contributed by atoms with Crippen LogP contribution < -0.4 is 15.4 Å². The third-order valence-corrected chi connectivity index (χ3v) is 2.77. The number of nitrogens with zero attached hydrogens (tertiary/aromatic N) is 3. The zero-order valence-electron chi connectivity index (χ0n) is 13.1. The molecule has 0 atom stereocenters. The zero-order valence-corrected chi connectivity index (χ0v) is 15.4.